The normalized spacial score (nSPS) is 11.5. The van der Waals surface area contributed by atoms with Crippen molar-refractivity contribution in [3.63, 3.8) is 0 Å². The first-order valence-corrected chi connectivity index (χ1v) is 10.6. The summed E-state index contributed by atoms with van der Waals surface area (Å²) in [6, 6.07) is 4.29. The quantitative estimate of drug-likeness (QED) is 0.273. The standard InChI is InChI=1S/C18H13ClF4N4O2S2/c1-8-5-9(13-12(29-2)4-3-11(19)14(13)20)10(6-24-8)15(28)25-16-26-27-17(31-16)30-7-18(21,22)23/h3-6H,7H2,1-2H3,(H,25,26,28). The number of amides is 1. The fraction of sp³-hybridized carbons (Fsp3) is 0.222. The Bertz CT molecular complexity index is 1120. The van der Waals surface area contributed by atoms with E-state index in [1.165, 1.54) is 31.5 Å². The van der Waals surface area contributed by atoms with Crippen molar-refractivity contribution >= 4 is 45.7 Å². The summed E-state index contributed by atoms with van der Waals surface area (Å²) >= 11 is 7.15. The number of aromatic nitrogens is 3. The van der Waals surface area contributed by atoms with Gasteiger partial charge in [-0.15, -0.1) is 10.2 Å². The molecule has 164 valence electrons. The second-order valence-corrected chi connectivity index (χ2v) is 8.65. The van der Waals surface area contributed by atoms with Crippen molar-refractivity contribution in [2.75, 3.05) is 18.2 Å². The van der Waals surface area contributed by atoms with Gasteiger partial charge >= 0.3 is 6.18 Å². The maximum Gasteiger partial charge on any atom is 0.398 e. The number of methoxy groups -OCH3 is 1. The maximum absolute atomic E-state index is 14.8. The number of halogens is 5. The molecule has 1 aromatic carbocycles. The van der Waals surface area contributed by atoms with Gasteiger partial charge in [-0.1, -0.05) is 34.7 Å². The van der Waals surface area contributed by atoms with E-state index in [1.807, 2.05) is 0 Å². The Morgan fingerprint density at radius 3 is 2.74 bits per heavy atom. The lowest BCUT2D eigenvalue weighted by Gasteiger charge is -2.14. The van der Waals surface area contributed by atoms with E-state index in [0.717, 1.165) is 11.3 Å². The zero-order chi connectivity index (χ0) is 22.8. The summed E-state index contributed by atoms with van der Waals surface area (Å²) in [7, 11) is 1.35. The molecule has 0 atom stereocenters. The SMILES string of the molecule is COc1ccc(Cl)c(F)c1-c1cc(C)ncc1C(=O)Nc1nnc(SCC(F)(F)F)s1. The summed E-state index contributed by atoms with van der Waals surface area (Å²) in [5, 5.41) is 9.57. The van der Waals surface area contributed by atoms with Gasteiger partial charge in [0, 0.05) is 17.5 Å². The molecule has 3 aromatic rings. The number of nitrogens with zero attached hydrogens (tertiary/aromatic N) is 3. The average Bonchev–Trinajstić information content (AvgIpc) is 3.15. The molecule has 13 heteroatoms. The van der Waals surface area contributed by atoms with E-state index in [4.69, 9.17) is 16.3 Å². The molecule has 0 radical (unpaired) electrons. The van der Waals surface area contributed by atoms with E-state index in [0.29, 0.717) is 17.5 Å². The highest BCUT2D eigenvalue weighted by Gasteiger charge is 2.28. The van der Waals surface area contributed by atoms with Crippen LogP contribution in [0.2, 0.25) is 5.02 Å². The number of nitrogens with one attached hydrogen (secondary N) is 1. The molecule has 31 heavy (non-hydrogen) atoms. The van der Waals surface area contributed by atoms with Crippen LogP contribution in [0.3, 0.4) is 0 Å². The number of carbonyl (C=O) groups excluding carboxylic acids is 1. The Morgan fingerprint density at radius 2 is 2.06 bits per heavy atom. The van der Waals surface area contributed by atoms with Crippen LogP contribution in [0.1, 0.15) is 16.1 Å². The monoisotopic (exact) mass is 492 g/mol. The van der Waals surface area contributed by atoms with Crippen LogP contribution in [0, 0.1) is 12.7 Å². The van der Waals surface area contributed by atoms with Crippen molar-refractivity contribution in [1.82, 2.24) is 15.2 Å². The largest absolute Gasteiger partial charge is 0.496 e. The van der Waals surface area contributed by atoms with E-state index in [9.17, 15) is 22.4 Å². The van der Waals surface area contributed by atoms with Crippen LogP contribution in [0.15, 0.2) is 28.7 Å². The molecule has 2 aromatic heterocycles. The van der Waals surface area contributed by atoms with Crippen molar-refractivity contribution in [3.8, 4) is 16.9 Å². The van der Waals surface area contributed by atoms with Crippen LogP contribution in [0.25, 0.3) is 11.1 Å². The topological polar surface area (TPSA) is 77.0 Å². The zero-order valence-electron chi connectivity index (χ0n) is 15.9. The molecule has 1 N–H and O–H groups in total. The fourth-order valence-electron chi connectivity index (χ4n) is 2.53. The number of pyridine rings is 1. The van der Waals surface area contributed by atoms with E-state index in [1.54, 1.807) is 6.92 Å². The maximum atomic E-state index is 14.8. The van der Waals surface area contributed by atoms with Gasteiger partial charge in [0.1, 0.15) is 5.75 Å². The minimum Gasteiger partial charge on any atom is -0.496 e. The molecular weight excluding hydrogens is 480 g/mol. The fourth-order valence-corrected chi connectivity index (χ4v) is 4.19. The van der Waals surface area contributed by atoms with E-state index in [2.05, 4.69) is 20.5 Å². The minimum absolute atomic E-state index is 0.00948. The molecule has 0 unspecified atom stereocenters. The smallest absolute Gasteiger partial charge is 0.398 e. The van der Waals surface area contributed by atoms with Crippen molar-refractivity contribution in [3.05, 3.63) is 46.5 Å². The van der Waals surface area contributed by atoms with Gasteiger partial charge in [0.15, 0.2) is 10.2 Å². The van der Waals surface area contributed by atoms with Crippen LogP contribution in [-0.4, -0.2) is 40.1 Å². The lowest BCUT2D eigenvalue weighted by Crippen LogP contribution is -2.14. The molecule has 0 saturated heterocycles. The molecule has 0 aliphatic heterocycles. The number of thioether (sulfide) groups is 1. The number of hydrogen-bond donors (Lipinski definition) is 1. The highest BCUT2D eigenvalue weighted by Crippen LogP contribution is 2.38. The molecule has 2 heterocycles. The van der Waals surface area contributed by atoms with Gasteiger partial charge in [-0.25, -0.2) is 4.39 Å². The number of aryl methyl sites for hydroxylation is 1. The molecule has 0 spiro atoms. The number of hydrogen-bond acceptors (Lipinski definition) is 7. The van der Waals surface area contributed by atoms with Crippen LogP contribution in [0.5, 0.6) is 5.75 Å². The summed E-state index contributed by atoms with van der Waals surface area (Å²) in [4.78, 5) is 16.9. The second-order valence-electron chi connectivity index (χ2n) is 6.04. The second kappa shape index (κ2) is 9.37. The summed E-state index contributed by atoms with van der Waals surface area (Å²) < 4.78 is 57.1. The van der Waals surface area contributed by atoms with Crippen LogP contribution in [0.4, 0.5) is 22.7 Å². The van der Waals surface area contributed by atoms with Gasteiger partial charge in [0.05, 0.1) is 29.0 Å². The Hall–Kier alpha value is -2.44. The first-order chi connectivity index (χ1) is 14.6. The Balaban J connectivity index is 1.93. The zero-order valence-corrected chi connectivity index (χ0v) is 18.3. The lowest BCUT2D eigenvalue weighted by molar-refractivity contribution is -0.105. The number of ether oxygens (including phenoxy) is 1. The Kier molecular flexibility index (Phi) is 7.02. The van der Waals surface area contributed by atoms with E-state index < -0.39 is 23.7 Å². The van der Waals surface area contributed by atoms with E-state index >= 15 is 0 Å². The lowest BCUT2D eigenvalue weighted by atomic mass is 9.98. The highest BCUT2D eigenvalue weighted by molar-refractivity contribution is 8.01. The van der Waals surface area contributed by atoms with Gasteiger partial charge in [-0.2, -0.15) is 13.2 Å². The molecule has 0 aliphatic carbocycles. The van der Waals surface area contributed by atoms with Crippen molar-refractivity contribution in [1.29, 1.82) is 0 Å². The summed E-state index contributed by atoms with van der Waals surface area (Å²) in [6.07, 6.45) is -3.11. The number of alkyl halides is 3. The average molecular weight is 493 g/mol. The predicted octanol–water partition coefficient (Wildman–Crippen LogP) is 5.62. The van der Waals surface area contributed by atoms with Gasteiger partial charge in [-0.3, -0.25) is 15.1 Å². The highest BCUT2D eigenvalue weighted by atomic mass is 35.5. The summed E-state index contributed by atoms with van der Waals surface area (Å²) in [5.74, 6) is -2.45. The van der Waals surface area contributed by atoms with E-state index in [-0.39, 0.29) is 36.9 Å². The van der Waals surface area contributed by atoms with Gasteiger partial charge in [0.2, 0.25) is 5.13 Å². The minimum atomic E-state index is -4.36. The number of rotatable bonds is 6. The van der Waals surface area contributed by atoms with Gasteiger partial charge in [0.25, 0.3) is 5.91 Å². The van der Waals surface area contributed by atoms with Crippen molar-refractivity contribution in [2.24, 2.45) is 0 Å². The first kappa shape index (κ1) is 23.2. The summed E-state index contributed by atoms with van der Waals surface area (Å²) in [6.45, 7) is 1.66. The Labute approximate surface area is 187 Å². The van der Waals surface area contributed by atoms with Crippen LogP contribution >= 0.6 is 34.7 Å². The van der Waals surface area contributed by atoms with Crippen molar-refractivity contribution in [2.45, 2.75) is 17.4 Å². The molecular formula is C18H13ClF4N4O2S2. The molecule has 0 aliphatic rings. The third-order valence-electron chi connectivity index (χ3n) is 3.82. The third-order valence-corrected chi connectivity index (χ3v) is 6.15. The number of anilines is 1. The Morgan fingerprint density at radius 1 is 1.32 bits per heavy atom. The molecule has 0 bridgehead atoms. The predicted molar refractivity (Wildman–Crippen MR) is 111 cm³/mol. The van der Waals surface area contributed by atoms with Gasteiger partial charge < -0.3 is 4.74 Å². The molecule has 1 amide bonds. The molecule has 6 nitrogen and oxygen atoms in total. The number of benzene rings is 1. The molecule has 0 saturated carbocycles. The van der Waals surface area contributed by atoms with Crippen LogP contribution < -0.4 is 10.1 Å². The number of carbonyl (C=O) groups is 1. The van der Waals surface area contributed by atoms with Crippen LogP contribution in [-0.2, 0) is 0 Å². The molecule has 3 rings (SSSR count). The molecule has 0 fully saturated rings. The third kappa shape index (κ3) is 5.63. The van der Waals surface area contributed by atoms with Gasteiger partial charge in [-0.05, 0) is 25.1 Å². The van der Waals surface area contributed by atoms with Crippen molar-refractivity contribution < 1.29 is 27.1 Å². The summed E-state index contributed by atoms with van der Waals surface area (Å²) in [5.41, 5.74) is 0.655. The first-order valence-electron chi connectivity index (χ1n) is 8.42.